The molecule has 4 rings (SSSR count). The molecular weight excluding hydrogens is 288 g/mol. The summed E-state index contributed by atoms with van der Waals surface area (Å²) in [4.78, 5) is 26.5. The lowest BCUT2D eigenvalue weighted by Gasteiger charge is -2.42. The molecule has 1 spiro atoms. The number of carbonyl (C=O) groups excluding carboxylic acids is 1. The molecule has 2 saturated heterocycles. The summed E-state index contributed by atoms with van der Waals surface area (Å²) in [6, 6.07) is 2.37. The van der Waals surface area contributed by atoms with E-state index in [-0.39, 0.29) is 5.41 Å². The maximum atomic E-state index is 13.2. The Hall–Kier alpha value is -1.49. The Labute approximate surface area is 138 Å². The zero-order chi connectivity index (χ0) is 15.7. The Kier molecular flexibility index (Phi) is 4.05. The van der Waals surface area contributed by atoms with Gasteiger partial charge in [-0.3, -0.25) is 9.69 Å². The summed E-state index contributed by atoms with van der Waals surface area (Å²) in [5.74, 6) is 1.30. The predicted molar refractivity (Wildman–Crippen MR) is 87.6 cm³/mol. The van der Waals surface area contributed by atoms with Gasteiger partial charge in [0.05, 0.1) is 12.0 Å². The molecule has 3 aliphatic rings. The Morgan fingerprint density at radius 1 is 1.09 bits per heavy atom. The molecule has 1 saturated carbocycles. The summed E-state index contributed by atoms with van der Waals surface area (Å²) >= 11 is 0. The van der Waals surface area contributed by atoms with Gasteiger partial charge in [0.25, 0.3) is 0 Å². The van der Waals surface area contributed by atoms with E-state index in [0.717, 1.165) is 51.3 Å². The number of likely N-dealkylation sites (tertiary alicyclic amines) is 2. The second-order valence-electron chi connectivity index (χ2n) is 7.45. The average Bonchev–Trinajstić information content (AvgIpc) is 3.22. The van der Waals surface area contributed by atoms with Crippen LogP contribution >= 0.6 is 0 Å². The summed E-state index contributed by atoms with van der Waals surface area (Å²) in [5, 5.41) is 0. The van der Waals surface area contributed by atoms with Gasteiger partial charge in [-0.05, 0) is 44.7 Å². The Balaban J connectivity index is 1.44. The minimum atomic E-state index is -0.129. The third-order valence-electron chi connectivity index (χ3n) is 5.95. The van der Waals surface area contributed by atoms with Crippen LogP contribution in [0.4, 0.5) is 0 Å². The average molecular weight is 314 g/mol. The Morgan fingerprint density at radius 3 is 2.65 bits per heavy atom. The van der Waals surface area contributed by atoms with Gasteiger partial charge in [0.15, 0.2) is 0 Å². The third-order valence-corrected chi connectivity index (χ3v) is 5.95. The SMILES string of the molecule is O=C1N(C2CCCC2)CCCC12CCN(Cc1ncccn1)C2. The Bertz CT molecular complexity index is 557. The number of hydrogen-bond donors (Lipinski definition) is 0. The fourth-order valence-electron chi connectivity index (χ4n) is 4.75. The lowest BCUT2D eigenvalue weighted by atomic mass is 9.77. The van der Waals surface area contributed by atoms with E-state index in [0.29, 0.717) is 11.9 Å². The first-order valence-corrected chi connectivity index (χ1v) is 9.06. The molecule has 2 aliphatic heterocycles. The molecule has 124 valence electrons. The minimum Gasteiger partial charge on any atom is -0.339 e. The predicted octanol–water partition coefficient (Wildman–Crippen LogP) is 2.23. The molecule has 5 heteroatoms. The van der Waals surface area contributed by atoms with E-state index in [1.165, 1.54) is 25.7 Å². The normalized spacial score (nSPS) is 29.7. The molecule has 0 radical (unpaired) electrons. The second kappa shape index (κ2) is 6.19. The molecule has 1 amide bonds. The van der Waals surface area contributed by atoms with Gasteiger partial charge < -0.3 is 4.90 Å². The van der Waals surface area contributed by atoms with Gasteiger partial charge in [0.2, 0.25) is 5.91 Å². The van der Waals surface area contributed by atoms with E-state index < -0.39 is 0 Å². The highest BCUT2D eigenvalue weighted by Gasteiger charge is 2.49. The highest BCUT2D eigenvalue weighted by Crippen LogP contribution is 2.42. The summed E-state index contributed by atoms with van der Waals surface area (Å²) < 4.78 is 0. The lowest BCUT2D eigenvalue weighted by molar-refractivity contribution is -0.148. The molecule has 3 heterocycles. The van der Waals surface area contributed by atoms with Crippen molar-refractivity contribution in [1.29, 1.82) is 0 Å². The van der Waals surface area contributed by atoms with Crippen molar-refractivity contribution >= 4 is 5.91 Å². The van der Waals surface area contributed by atoms with Crippen LogP contribution in [0.1, 0.15) is 50.8 Å². The van der Waals surface area contributed by atoms with Crippen molar-refractivity contribution in [3.05, 3.63) is 24.3 Å². The first-order chi connectivity index (χ1) is 11.3. The monoisotopic (exact) mass is 314 g/mol. The quantitative estimate of drug-likeness (QED) is 0.858. The van der Waals surface area contributed by atoms with Crippen molar-refractivity contribution in [2.45, 2.75) is 57.5 Å². The van der Waals surface area contributed by atoms with Crippen molar-refractivity contribution in [2.75, 3.05) is 19.6 Å². The number of rotatable bonds is 3. The fraction of sp³-hybridized carbons (Fsp3) is 0.722. The van der Waals surface area contributed by atoms with Gasteiger partial charge in [-0.1, -0.05) is 12.8 Å². The molecule has 1 aromatic rings. The van der Waals surface area contributed by atoms with Gasteiger partial charge in [0, 0.05) is 31.5 Å². The highest BCUT2D eigenvalue weighted by molar-refractivity contribution is 5.84. The van der Waals surface area contributed by atoms with Gasteiger partial charge in [-0.25, -0.2) is 9.97 Å². The standard InChI is InChI=1S/C18H26N4O/c23-17-18(7-3-11-22(17)15-5-1-2-6-15)8-12-21(14-18)13-16-19-9-4-10-20-16/h4,9-10,15H,1-3,5-8,11-14H2. The fourth-order valence-corrected chi connectivity index (χ4v) is 4.75. The summed E-state index contributed by atoms with van der Waals surface area (Å²) in [6.07, 6.45) is 11.8. The topological polar surface area (TPSA) is 49.3 Å². The number of amides is 1. The summed E-state index contributed by atoms with van der Waals surface area (Å²) in [7, 11) is 0. The minimum absolute atomic E-state index is 0.129. The zero-order valence-electron chi connectivity index (χ0n) is 13.8. The van der Waals surface area contributed by atoms with E-state index in [1.807, 2.05) is 6.07 Å². The van der Waals surface area contributed by atoms with E-state index in [4.69, 9.17) is 0 Å². The molecule has 3 fully saturated rings. The summed E-state index contributed by atoms with van der Waals surface area (Å²) in [5.41, 5.74) is -0.129. The molecule has 23 heavy (non-hydrogen) atoms. The van der Waals surface area contributed by atoms with Crippen LogP contribution in [0.3, 0.4) is 0 Å². The molecule has 0 N–H and O–H groups in total. The van der Waals surface area contributed by atoms with E-state index in [1.54, 1.807) is 12.4 Å². The zero-order valence-corrected chi connectivity index (χ0v) is 13.8. The number of aromatic nitrogens is 2. The van der Waals surface area contributed by atoms with Crippen LogP contribution in [-0.2, 0) is 11.3 Å². The Morgan fingerprint density at radius 2 is 1.87 bits per heavy atom. The van der Waals surface area contributed by atoms with Crippen molar-refractivity contribution in [1.82, 2.24) is 19.8 Å². The van der Waals surface area contributed by atoms with Gasteiger partial charge in [0.1, 0.15) is 5.82 Å². The van der Waals surface area contributed by atoms with Crippen LogP contribution < -0.4 is 0 Å². The number of nitrogens with zero attached hydrogens (tertiary/aromatic N) is 4. The smallest absolute Gasteiger partial charge is 0.230 e. The van der Waals surface area contributed by atoms with Crippen LogP contribution in [0.25, 0.3) is 0 Å². The van der Waals surface area contributed by atoms with Crippen LogP contribution in [0.2, 0.25) is 0 Å². The van der Waals surface area contributed by atoms with Gasteiger partial charge in [-0.2, -0.15) is 0 Å². The molecule has 1 aliphatic carbocycles. The highest BCUT2D eigenvalue weighted by atomic mass is 16.2. The van der Waals surface area contributed by atoms with E-state index in [9.17, 15) is 4.79 Å². The lowest BCUT2D eigenvalue weighted by Crippen LogP contribution is -2.53. The van der Waals surface area contributed by atoms with E-state index >= 15 is 0 Å². The number of hydrogen-bond acceptors (Lipinski definition) is 4. The van der Waals surface area contributed by atoms with Crippen LogP contribution in [0, 0.1) is 5.41 Å². The van der Waals surface area contributed by atoms with Crippen LogP contribution in [0.5, 0.6) is 0 Å². The molecule has 1 unspecified atom stereocenters. The number of carbonyl (C=O) groups is 1. The maximum Gasteiger partial charge on any atom is 0.230 e. The molecule has 0 bridgehead atoms. The van der Waals surface area contributed by atoms with Crippen LogP contribution in [-0.4, -0.2) is 51.4 Å². The molecular formula is C18H26N4O. The molecule has 1 atom stereocenters. The first kappa shape index (κ1) is 15.1. The largest absolute Gasteiger partial charge is 0.339 e. The van der Waals surface area contributed by atoms with Crippen LogP contribution in [0.15, 0.2) is 18.5 Å². The maximum absolute atomic E-state index is 13.2. The summed E-state index contributed by atoms with van der Waals surface area (Å²) in [6.45, 7) is 3.61. The number of piperidine rings is 1. The van der Waals surface area contributed by atoms with E-state index in [2.05, 4.69) is 19.8 Å². The van der Waals surface area contributed by atoms with Crippen molar-refractivity contribution in [2.24, 2.45) is 5.41 Å². The molecule has 1 aromatic heterocycles. The molecule has 0 aromatic carbocycles. The van der Waals surface area contributed by atoms with Crippen molar-refractivity contribution in [3.8, 4) is 0 Å². The second-order valence-corrected chi connectivity index (χ2v) is 7.45. The molecule has 5 nitrogen and oxygen atoms in total. The third kappa shape index (κ3) is 2.87. The van der Waals surface area contributed by atoms with Gasteiger partial charge >= 0.3 is 0 Å². The van der Waals surface area contributed by atoms with Crippen molar-refractivity contribution in [3.63, 3.8) is 0 Å². The van der Waals surface area contributed by atoms with Gasteiger partial charge in [-0.15, -0.1) is 0 Å². The first-order valence-electron chi connectivity index (χ1n) is 9.06. The van der Waals surface area contributed by atoms with Crippen molar-refractivity contribution < 1.29 is 4.79 Å².